The Bertz CT molecular complexity index is 2260. The molecule has 0 bridgehead atoms. The fourth-order valence-corrected chi connectivity index (χ4v) is 6.76. The van der Waals surface area contributed by atoms with Crippen LogP contribution in [0.1, 0.15) is 57.6 Å². The molecule has 6 aromatic rings. The minimum Gasteiger partial charge on any atom is -0.494 e. The number of hydrogen-bond acceptors (Lipinski definition) is 6. The molecule has 0 aliphatic rings. The average Bonchev–Trinajstić information content (AvgIpc) is 3.28. The molecule has 338 valence electrons. The third kappa shape index (κ3) is 12.0. The summed E-state index contributed by atoms with van der Waals surface area (Å²) in [5.74, 6) is -6.08. The lowest BCUT2D eigenvalue weighted by Crippen LogP contribution is -2.24. The van der Waals surface area contributed by atoms with E-state index in [9.17, 15) is 35.1 Å². The quantitative estimate of drug-likeness (QED) is 0.0500. The van der Waals surface area contributed by atoms with Crippen LogP contribution in [0.25, 0.3) is 22.3 Å². The predicted molar refractivity (Wildman–Crippen MR) is 226 cm³/mol. The fourth-order valence-electron chi connectivity index (χ4n) is 6.76. The fraction of sp³-hybridized carbons (Fsp3) is 0.280. The molecule has 0 saturated heterocycles. The van der Waals surface area contributed by atoms with Crippen LogP contribution in [0, 0.1) is 29.2 Å². The molecule has 14 heteroatoms. The Morgan fingerprint density at radius 3 is 1.03 bits per heavy atom. The minimum absolute atomic E-state index is 0.0418. The molecule has 0 radical (unpaired) electrons. The lowest BCUT2D eigenvalue weighted by molar-refractivity contribution is -0.188. The number of alkyl halides is 4. The summed E-state index contributed by atoms with van der Waals surface area (Å²) in [6, 6.07) is 29.6. The summed E-state index contributed by atoms with van der Waals surface area (Å²) in [5.41, 5.74) is 0.582. The maximum atomic E-state index is 14.8. The van der Waals surface area contributed by atoms with Crippen LogP contribution >= 0.6 is 0 Å². The van der Waals surface area contributed by atoms with Crippen molar-refractivity contribution in [2.24, 2.45) is 5.92 Å². The van der Waals surface area contributed by atoms with Gasteiger partial charge in [0.1, 0.15) is 34.1 Å². The van der Waals surface area contributed by atoms with Gasteiger partial charge in [-0.15, -0.1) is 0 Å². The highest BCUT2D eigenvalue weighted by molar-refractivity contribution is 5.66. The first-order valence-electron chi connectivity index (χ1n) is 20.7. The Labute approximate surface area is 366 Å². The van der Waals surface area contributed by atoms with E-state index in [-0.39, 0.29) is 24.7 Å². The summed E-state index contributed by atoms with van der Waals surface area (Å²) in [6.45, 7) is 6.43. The second-order valence-electron chi connectivity index (χ2n) is 14.8. The maximum absolute atomic E-state index is 14.8. The van der Waals surface area contributed by atoms with Crippen molar-refractivity contribution in [2.45, 2.75) is 58.7 Å². The molecule has 6 aromatic carbocycles. The molecular formula is C50H46F8O6. The Balaban J connectivity index is 0.873. The van der Waals surface area contributed by atoms with Crippen molar-refractivity contribution in [1.29, 1.82) is 0 Å². The number of hydrogen-bond donors (Lipinski definition) is 0. The van der Waals surface area contributed by atoms with Crippen LogP contribution in [-0.4, -0.2) is 26.4 Å². The molecule has 0 heterocycles. The van der Waals surface area contributed by atoms with Crippen LogP contribution in [0.2, 0.25) is 0 Å². The van der Waals surface area contributed by atoms with Crippen molar-refractivity contribution in [3.05, 3.63) is 156 Å². The molecule has 0 spiro atoms. The summed E-state index contributed by atoms with van der Waals surface area (Å²) in [5, 5.41) is 0. The number of rotatable bonds is 22. The topological polar surface area (TPSA) is 55.4 Å². The van der Waals surface area contributed by atoms with Gasteiger partial charge in [0.15, 0.2) is 23.1 Å². The predicted octanol–water partition coefficient (Wildman–Crippen LogP) is 14.3. The molecule has 6 nitrogen and oxygen atoms in total. The molecule has 0 aliphatic carbocycles. The van der Waals surface area contributed by atoms with Gasteiger partial charge in [0.25, 0.3) is 0 Å². The van der Waals surface area contributed by atoms with Crippen LogP contribution in [0.4, 0.5) is 35.1 Å². The van der Waals surface area contributed by atoms with Crippen molar-refractivity contribution in [3.63, 3.8) is 0 Å². The summed E-state index contributed by atoms with van der Waals surface area (Å²) in [6.07, 6.45) is -4.66. The van der Waals surface area contributed by atoms with E-state index in [1.165, 1.54) is 24.3 Å². The molecule has 0 fully saturated rings. The van der Waals surface area contributed by atoms with Gasteiger partial charge in [-0.05, 0) is 140 Å². The number of ether oxygens (including phenoxy) is 6. The van der Waals surface area contributed by atoms with Crippen LogP contribution in [0.5, 0.6) is 34.5 Å². The van der Waals surface area contributed by atoms with Crippen LogP contribution in [0.3, 0.4) is 0 Å². The molecule has 0 saturated carbocycles. The first-order valence-corrected chi connectivity index (χ1v) is 20.7. The first kappa shape index (κ1) is 47.0. The SMILES string of the molecule is CCOc1ccc(C(F)(F)Oc2ccc(-c3ccc(OCCCC(C)CCCOc4ccc(-c5ccc(OC(F)(F)c6ccc(OCC)c(F)c6F)cc5)cc4)cc3)cc2)c(F)c1F. The van der Waals surface area contributed by atoms with Crippen molar-refractivity contribution in [2.75, 3.05) is 26.4 Å². The second kappa shape index (κ2) is 21.3. The van der Waals surface area contributed by atoms with E-state index in [0.29, 0.717) is 30.6 Å². The molecule has 64 heavy (non-hydrogen) atoms. The van der Waals surface area contributed by atoms with E-state index in [0.717, 1.165) is 72.2 Å². The standard InChI is InChI=1S/C50H46F8O6/c1-4-59-43-28-26-41(45(51)47(43)53)49(55,56)63-39-22-14-35(15-23-39)33-10-18-37(19-11-33)61-30-6-8-32(3)9-7-31-62-38-20-12-34(13-21-38)36-16-24-40(25-17-36)64-50(57,58)42-27-29-44(60-5-2)48(54)46(42)52/h10-29,32H,4-9,30-31H2,1-3H3. The molecule has 0 amide bonds. The lowest BCUT2D eigenvalue weighted by Gasteiger charge is -2.20. The molecule has 0 atom stereocenters. The highest BCUT2D eigenvalue weighted by atomic mass is 19.3. The van der Waals surface area contributed by atoms with E-state index < -0.39 is 58.1 Å². The zero-order valence-electron chi connectivity index (χ0n) is 35.3. The Hall–Kier alpha value is -6.44. The first-order chi connectivity index (χ1) is 30.7. The van der Waals surface area contributed by atoms with Crippen LogP contribution in [0.15, 0.2) is 121 Å². The zero-order chi connectivity index (χ0) is 45.9. The van der Waals surface area contributed by atoms with E-state index in [4.69, 9.17) is 28.4 Å². The van der Waals surface area contributed by atoms with Gasteiger partial charge in [-0.2, -0.15) is 26.3 Å². The van der Waals surface area contributed by atoms with Gasteiger partial charge in [0.2, 0.25) is 11.6 Å². The van der Waals surface area contributed by atoms with Gasteiger partial charge in [-0.3, -0.25) is 0 Å². The highest BCUT2D eigenvalue weighted by Gasteiger charge is 2.41. The summed E-state index contributed by atoms with van der Waals surface area (Å²) < 4.78 is 148. The van der Waals surface area contributed by atoms with E-state index in [2.05, 4.69) is 6.92 Å². The summed E-state index contributed by atoms with van der Waals surface area (Å²) in [4.78, 5) is 0. The van der Waals surface area contributed by atoms with Gasteiger partial charge in [0.05, 0.1) is 26.4 Å². The van der Waals surface area contributed by atoms with Crippen molar-refractivity contribution < 1.29 is 63.5 Å². The second-order valence-corrected chi connectivity index (χ2v) is 14.8. The van der Waals surface area contributed by atoms with Crippen molar-refractivity contribution >= 4 is 0 Å². The Kier molecular flexibility index (Phi) is 15.7. The maximum Gasteiger partial charge on any atom is 0.429 e. The third-order valence-corrected chi connectivity index (χ3v) is 10.1. The lowest BCUT2D eigenvalue weighted by atomic mass is 10.0. The molecule has 0 N–H and O–H groups in total. The van der Waals surface area contributed by atoms with Crippen LogP contribution < -0.4 is 28.4 Å². The Morgan fingerprint density at radius 1 is 0.406 bits per heavy atom. The van der Waals surface area contributed by atoms with Crippen molar-refractivity contribution in [1.82, 2.24) is 0 Å². The monoisotopic (exact) mass is 894 g/mol. The molecule has 0 aromatic heterocycles. The smallest absolute Gasteiger partial charge is 0.429 e. The highest BCUT2D eigenvalue weighted by Crippen LogP contribution is 2.39. The summed E-state index contributed by atoms with van der Waals surface area (Å²) >= 11 is 0. The van der Waals surface area contributed by atoms with E-state index in [1.54, 1.807) is 38.1 Å². The normalized spacial score (nSPS) is 11.7. The number of halogens is 8. The molecule has 0 aliphatic heterocycles. The average molecular weight is 895 g/mol. The van der Waals surface area contributed by atoms with E-state index >= 15 is 0 Å². The zero-order valence-corrected chi connectivity index (χ0v) is 35.3. The summed E-state index contributed by atoms with van der Waals surface area (Å²) in [7, 11) is 0. The minimum atomic E-state index is -4.13. The van der Waals surface area contributed by atoms with Gasteiger partial charge < -0.3 is 28.4 Å². The van der Waals surface area contributed by atoms with E-state index in [1.807, 2.05) is 48.5 Å². The largest absolute Gasteiger partial charge is 0.494 e. The van der Waals surface area contributed by atoms with Gasteiger partial charge in [-0.25, -0.2) is 8.78 Å². The van der Waals surface area contributed by atoms with Gasteiger partial charge >= 0.3 is 12.2 Å². The third-order valence-electron chi connectivity index (χ3n) is 10.1. The van der Waals surface area contributed by atoms with Crippen LogP contribution in [-0.2, 0) is 12.2 Å². The Morgan fingerprint density at radius 2 is 0.719 bits per heavy atom. The molecule has 0 unspecified atom stereocenters. The molecule has 6 rings (SSSR count). The van der Waals surface area contributed by atoms with Gasteiger partial charge in [-0.1, -0.05) is 55.5 Å². The van der Waals surface area contributed by atoms with Gasteiger partial charge in [0, 0.05) is 0 Å². The molecular weight excluding hydrogens is 849 g/mol. The van der Waals surface area contributed by atoms with Crippen molar-refractivity contribution in [3.8, 4) is 56.8 Å². The number of benzene rings is 6.